The second-order valence-electron chi connectivity index (χ2n) is 7.97. The SMILES string of the molecule is CNS(=O)(=O)c1cc2c(C(=O)Nc3ccc(C#N)cc3C(=O)O)noc2cc1-c1ccc(NC(C)=O)cc1. The lowest BCUT2D eigenvalue weighted by atomic mass is 10.0. The van der Waals surface area contributed by atoms with Crippen molar-refractivity contribution in [2.24, 2.45) is 0 Å². The van der Waals surface area contributed by atoms with E-state index in [1.165, 1.54) is 38.2 Å². The number of aromatic nitrogens is 1. The highest BCUT2D eigenvalue weighted by Crippen LogP contribution is 2.34. The number of carboxylic acid groups (broad SMARTS) is 1. The van der Waals surface area contributed by atoms with E-state index in [1.807, 2.05) is 6.07 Å². The topological polar surface area (TPSA) is 191 Å². The van der Waals surface area contributed by atoms with Gasteiger partial charge in [-0.05, 0) is 55.1 Å². The Morgan fingerprint density at radius 3 is 2.34 bits per heavy atom. The summed E-state index contributed by atoms with van der Waals surface area (Å²) in [4.78, 5) is 35.8. The van der Waals surface area contributed by atoms with Gasteiger partial charge in [0.2, 0.25) is 15.9 Å². The lowest BCUT2D eigenvalue weighted by Gasteiger charge is -2.11. The second kappa shape index (κ2) is 10.1. The summed E-state index contributed by atoms with van der Waals surface area (Å²) in [6.07, 6.45) is 0. The van der Waals surface area contributed by atoms with E-state index in [0.717, 1.165) is 6.07 Å². The fourth-order valence-corrected chi connectivity index (χ4v) is 4.66. The number of benzene rings is 3. The molecule has 0 unspecified atom stereocenters. The predicted molar refractivity (Wildman–Crippen MR) is 136 cm³/mol. The van der Waals surface area contributed by atoms with Gasteiger partial charge in [-0.15, -0.1) is 0 Å². The Morgan fingerprint density at radius 2 is 1.74 bits per heavy atom. The molecule has 38 heavy (non-hydrogen) atoms. The molecular formula is C25H19N5O7S. The van der Waals surface area contributed by atoms with Gasteiger partial charge in [0.1, 0.15) is 0 Å². The van der Waals surface area contributed by atoms with Crippen molar-refractivity contribution in [1.29, 1.82) is 5.26 Å². The fourth-order valence-electron chi connectivity index (χ4n) is 3.70. The van der Waals surface area contributed by atoms with Gasteiger partial charge >= 0.3 is 5.97 Å². The summed E-state index contributed by atoms with van der Waals surface area (Å²) in [7, 11) is -2.79. The molecule has 0 radical (unpaired) electrons. The van der Waals surface area contributed by atoms with Crippen molar-refractivity contribution < 1.29 is 32.4 Å². The van der Waals surface area contributed by atoms with Crippen LogP contribution in [0.3, 0.4) is 0 Å². The molecule has 13 heteroatoms. The molecule has 0 aliphatic carbocycles. The fraction of sp³-hybridized carbons (Fsp3) is 0.0800. The molecule has 2 amide bonds. The van der Waals surface area contributed by atoms with E-state index in [9.17, 15) is 27.9 Å². The summed E-state index contributed by atoms with van der Waals surface area (Å²) in [5, 5.41) is 27.4. The Labute approximate surface area is 215 Å². The van der Waals surface area contributed by atoms with Crippen LogP contribution in [0.25, 0.3) is 22.1 Å². The van der Waals surface area contributed by atoms with Gasteiger partial charge in [-0.3, -0.25) is 9.59 Å². The molecule has 4 N–H and O–H groups in total. The molecule has 0 aliphatic heterocycles. The van der Waals surface area contributed by atoms with E-state index in [1.54, 1.807) is 24.3 Å². The van der Waals surface area contributed by atoms with Gasteiger partial charge in [-0.2, -0.15) is 5.26 Å². The number of carbonyl (C=O) groups is 3. The number of anilines is 2. The molecule has 0 aliphatic rings. The Bertz CT molecular complexity index is 1750. The van der Waals surface area contributed by atoms with E-state index < -0.39 is 21.9 Å². The predicted octanol–water partition coefficient (Wildman–Crippen LogP) is 3.18. The molecule has 0 bridgehead atoms. The van der Waals surface area contributed by atoms with Crippen LogP contribution in [0.4, 0.5) is 11.4 Å². The third-order valence-corrected chi connectivity index (χ3v) is 6.94. The van der Waals surface area contributed by atoms with Crippen molar-refractivity contribution in [2.45, 2.75) is 11.8 Å². The third kappa shape index (κ3) is 5.07. The average Bonchev–Trinajstić information content (AvgIpc) is 3.31. The van der Waals surface area contributed by atoms with Crippen LogP contribution in [-0.4, -0.2) is 43.5 Å². The first-order chi connectivity index (χ1) is 18.0. The van der Waals surface area contributed by atoms with Crippen LogP contribution >= 0.6 is 0 Å². The quantitative estimate of drug-likeness (QED) is 0.276. The number of fused-ring (bicyclic) bond motifs is 1. The molecule has 4 aromatic rings. The van der Waals surface area contributed by atoms with E-state index in [-0.39, 0.29) is 49.8 Å². The van der Waals surface area contributed by atoms with Crippen molar-refractivity contribution >= 4 is 50.2 Å². The molecular weight excluding hydrogens is 514 g/mol. The van der Waals surface area contributed by atoms with Gasteiger partial charge < -0.3 is 20.3 Å². The number of carboxylic acids is 1. The van der Waals surface area contributed by atoms with Crippen LogP contribution in [0.2, 0.25) is 0 Å². The van der Waals surface area contributed by atoms with Gasteiger partial charge in [0.05, 0.1) is 33.2 Å². The first-order valence-electron chi connectivity index (χ1n) is 10.9. The molecule has 4 rings (SSSR count). The number of amides is 2. The summed E-state index contributed by atoms with van der Waals surface area (Å²) < 4.78 is 33.4. The number of hydrogen-bond acceptors (Lipinski definition) is 8. The zero-order valence-electron chi connectivity index (χ0n) is 19.9. The highest BCUT2D eigenvalue weighted by Gasteiger charge is 2.25. The smallest absolute Gasteiger partial charge is 0.337 e. The minimum absolute atomic E-state index is 0.0699. The van der Waals surface area contributed by atoms with Gasteiger partial charge in [0.25, 0.3) is 5.91 Å². The number of nitriles is 1. The maximum atomic E-state index is 13.0. The molecule has 1 aromatic heterocycles. The van der Waals surface area contributed by atoms with Crippen LogP contribution in [0.1, 0.15) is 33.3 Å². The molecule has 0 saturated carbocycles. The van der Waals surface area contributed by atoms with Gasteiger partial charge in [-0.1, -0.05) is 17.3 Å². The third-order valence-electron chi connectivity index (χ3n) is 5.49. The zero-order valence-corrected chi connectivity index (χ0v) is 20.7. The number of sulfonamides is 1. The number of nitrogens with zero attached hydrogens (tertiary/aromatic N) is 2. The lowest BCUT2D eigenvalue weighted by Crippen LogP contribution is -2.19. The summed E-state index contributed by atoms with van der Waals surface area (Å²) in [6, 6.07) is 14.6. The number of carbonyl (C=O) groups excluding carboxylic acids is 2. The van der Waals surface area contributed by atoms with Crippen molar-refractivity contribution in [1.82, 2.24) is 9.88 Å². The minimum atomic E-state index is -4.03. The summed E-state index contributed by atoms with van der Waals surface area (Å²) in [5.41, 5.74) is 0.773. The van der Waals surface area contributed by atoms with E-state index in [0.29, 0.717) is 11.3 Å². The molecule has 192 valence electrons. The number of nitrogens with one attached hydrogen (secondary N) is 3. The Balaban J connectivity index is 1.80. The standard InChI is InChI=1S/C25H19N5O7S/c1-13(31)28-16-6-4-15(5-7-16)17-10-21-19(11-22(17)38(35,36)27-2)23(30-37-21)24(32)29-20-8-3-14(12-26)9-18(20)25(33)34/h3-11,27H,1-2H3,(H,28,31)(H,29,32)(H,33,34). The molecule has 1 heterocycles. The van der Waals surface area contributed by atoms with E-state index in [2.05, 4.69) is 20.5 Å². The summed E-state index contributed by atoms with van der Waals surface area (Å²) in [6.45, 7) is 1.36. The highest BCUT2D eigenvalue weighted by atomic mass is 32.2. The largest absolute Gasteiger partial charge is 0.478 e. The lowest BCUT2D eigenvalue weighted by molar-refractivity contribution is -0.114. The van der Waals surface area contributed by atoms with Crippen molar-refractivity contribution in [3.8, 4) is 17.2 Å². The van der Waals surface area contributed by atoms with Gasteiger partial charge in [-0.25, -0.2) is 17.9 Å². The van der Waals surface area contributed by atoms with Crippen molar-refractivity contribution in [2.75, 3.05) is 17.7 Å². The zero-order chi connectivity index (χ0) is 27.6. The average molecular weight is 534 g/mol. The van der Waals surface area contributed by atoms with Crippen LogP contribution in [-0.2, 0) is 14.8 Å². The van der Waals surface area contributed by atoms with Crippen LogP contribution < -0.4 is 15.4 Å². The number of aromatic carboxylic acids is 1. The molecule has 0 atom stereocenters. The number of hydrogen-bond donors (Lipinski definition) is 4. The second-order valence-corrected chi connectivity index (χ2v) is 9.83. The molecule has 0 spiro atoms. The van der Waals surface area contributed by atoms with E-state index >= 15 is 0 Å². The van der Waals surface area contributed by atoms with Crippen LogP contribution in [0, 0.1) is 11.3 Å². The van der Waals surface area contributed by atoms with E-state index in [4.69, 9.17) is 9.78 Å². The minimum Gasteiger partial charge on any atom is -0.478 e. The monoisotopic (exact) mass is 533 g/mol. The Morgan fingerprint density at radius 1 is 1.03 bits per heavy atom. The highest BCUT2D eigenvalue weighted by molar-refractivity contribution is 7.89. The normalized spacial score (nSPS) is 11.1. The van der Waals surface area contributed by atoms with Gasteiger partial charge in [0, 0.05) is 18.2 Å². The van der Waals surface area contributed by atoms with Crippen LogP contribution in [0.15, 0.2) is 64.0 Å². The first kappa shape index (κ1) is 26.0. The molecule has 0 saturated heterocycles. The van der Waals surface area contributed by atoms with Crippen molar-refractivity contribution in [3.63, 3.8) is 0 Å². The van der Waals surface area contributed by atoms with Crippen molar-refractivity contribution in [3.05, 3.63) is 71.4 Å². The molecule has 0 fully saturated rings. The number of rotatable bonds is 7. The Kier molecular flexibility index (Phi) is 6.94. The molecule has 3 aromatic carbocycles. The van der Waals surface area contributed by atoms with Gasteiger partial charge in [0.15, 0.2) is 11.3 Å². The summed E-state index contributed by atoms with van der Waals surface area (Å²) >= 11 is 0. The Hall–Kier alpha value is -5.06. The maximum absolute atomic E-state index is 13.0. The van der Waals surface area contributed by atoms with Crippen LogP contribution in [0.5, 0.6) is 0 Å². The molecule has 12 nitrogen and oxygen atoms in total. The first-order valence-corrected chi connectivity index (χ1v) is 12.4. The summed E-state index contributed by atoms with van der Waals surface area (Å²) in [5.74, 6) is -2.48. The maximum Gasteiger partial charge on any atom is 0.337 e.